The Bertz CT molecular complexity index is 2350. The third-order valence-electron chi connectivity index (χ3n) is 9.02. The van der Waals surface area contributed by atoms with Gasteiger partial charge in [0.05, 0.1) is 22.3 Å². The average Bonchev–Trinajstić information content (AvgIpc) is 3.63. The van der Waals surface area contributed by atoms with Crippen LogP contribution < -0.4 is 0 Å². The van der Waals surface area contributed by atoms with Crippen molar-refractivity contribution in [1.29, 1.82) is 0 Å². The van der Waals surface area contributed by atoms with Crippen molar-refractivity contribution in [3.05, 3.63) is 138 Å². The maximum atomic E-state index is 6.69. The van der Waals surface area contributed by atoms with Crippen LogP contribution >= 0.6 is 0 Å². The summed E-state index contributed by atoms with van der Waals surface area (Å²) in [5.41, 5.74) is 13.6. The first kappa shape index (κ1) is 28.0. The molecule has 4 heteroatoms. The molecule has 0 saturated heterocycles. The summed E-state index contributed by atoms with van der Waals surface area (Å²) < 4.78 is 9.04. The number of furan rings is 1. The molecule has 3 heterocycles. The van der Waals surface area contributed by atoms with E-state index in [-0.39, 0.29) is 5.41 Å². The lowest BCUT2D eigenvalue weighted by molar-refractivity contribution is 0.590. The number of benzene rings is 5. The molecule has 0 atom stereocenters. The van der Waals surface area contributed by atoms with Crippen molar-refractivity contribution in [1.82, 2.24) is 14.5 Å². The number of nitrogens with zero attached hydrogens (tertiary/aromatic N) is 3. The van der Waals surface area contributed by atoms with Crippen LogP contribution in [0.5, 0.6) is 0 Å². The maximum Gasteiger partial charge on any atom is 0.149 e. The first-order chi connectivity index (χ1) is 22.3. The molecule has 3 aromatic heterocycles. The quantitative estimate of drug-likeness (QED) is 0.203. The van der Waals surface area contributed by atoms with E-state index in [9.17, 15) is 0 Å². The third-order valence-corrected chi connectivity index (χ3v) is 9.02. The first-order valence-electron chi connectivity index (χ1n) is 15.8. The van der Waals surface area contributed by atoms with Gasteiger partial charge in [0.15, 0.2) is 0 Å². The van der Waals surface area contributed by atoms with Crippen molar-refractivity contribution in [2.45, 2.75) is 40.0 Å². The van der Waals surface area contributed by atoms with Crippen molar-refractivity contribution in [2.24, 2.45) is 0 Å². The predicted octanol–water partition coefficient (Wildman–Crippen LogP) is 11.2. The van der Waals surface area contributed by atoms with Gasteiger partial charge < -0.3 is 4.42 Å². The lowest BCUT2D eigenvalue weighted by Gasteiger charge is -2.26. The molecule has 0 radical (unpaired) electrons. The van der Waals surface area contributed by atoms with Gasteiger partial charge in [-0.25, -0.2) is 4.98 Å². The number of fused-ring (bicyclic) bond motifs is 4. The highest BCUT2D eigenvalue weighted by molar-refractivity contribution is 6.11. The van der Waals surface area contributed by atoms with E-state index < -0.39 is 0 Å². The van der Waals surface area contributed by atoms with Crippen LogP contribution in [0.2, 0.25) is 0 Å². The molecule has 8 rings (SSSR count). The van der Waals surface area contributed by atoms with Crippen LogP contribution in [0.3, 0.4) is 0 Å². The number of hydrogen-bond acceptors (Lipinski definition) is 3. The number of para-hydroxylation sites is 2. The molecule has 0 aliphatic rings. The predicted molar refractivity (Wildman–Crippen MR) is 191 cm³/mol. The average molecular weight is 598 g/mol. The van der Waals surface area contributed by atoms with Gasteiger partial charge in [0, 0.05) is 39.9 Å². The zero-order valence-electron chi connectivity index (χ0n) is 26.8. The second kappa shape index (κ2) is 10.6. The Morgan fingerprint density at radius 1 is 0.674 bits per heavy atom. The third kappa shape index (κ3) is 4.52. The van der Waals surface area contributed by atoms with Crippen LogP contribution in [0.25, 0.3) is 72.3 Å². The molecular formula is C42H35N3O. The lowest BCUT2D eigenvalue weighted by Crippen LogP contribution is -2.13. The SMILES string of the molecule is Cc1cc2oc3c(-c4nc5ccccc5n4-c4c(-c5ccccc5)cc(C(C)(C)C)cc4-c4ccccc4)ccc(C)c3c2cn1. The fraction of sp³-hybridized carbons (Fsp3) is 0.143. The molecule has 4 nitrogen and oxygen atoms in total. The fourth-order valence-electron chi connectivity index (χ4n) is 6.63. The van der Waals surface area contributed by atoms with E-state index in [1.807, 2.05) is 19.2 Å². The number of aromatic nitrogens is 3. The van der Waals surface area contributed by atoms with Crippen molar-refractivity contribution < 1.29 is 4.42 Å². The van der Waals surface area contributed by atoms with Gasteiger partial charge in [-0.3, -0.25) is 9.55 Å². The molecule has 0 amide bonds. The van der Waals surface area contributed by atoms with Crippen LogP contribution in [0.4, 0.5) is 0 Å². The van der Waals surface area contributed by atoms with Crippen LogP contribution in [0.15, 0.2) is 126 Å². The molecule has 0 aliphatic heterocycles. The highest BCUT2D eigenvalue weighted by Gasteiger charge is 2.27. The molecule has 224 valence electrons. The molecule has 5 aromatic carbocycles. The Morgan fingerprint density at radius 3 is 1.96 bits per heavy atom. The Kier molecular flexibility index (Phi) is 6.43. The van der Waals surface area contributed by atoms with Crippen molar-refractivity contribution >= 4 is 33.0 Å². The highest BCUT2D eigenvalue weighted by atomic mass is 16.3. The van der Waals surface area contributed by atoms with Gasteiger partial charge in [-0.05, 0) is 71.8 Å². The highest BCUT2D eigenvalue weighted by Crippen LogP contribution is 2.45. The van der Waals surface area contributed by atoms with E-state index in [2.05, 4.69) is 146 Å². The van der Waals surface area contributed by atoms with Gasteiger partial charge in [-0.15, -0.1) is 0 Å². The van der Waals surface area contributed by atoms with Crippen LogP contribution in [0.1, 0.15) is 37.6 Å². The molecule has 0 N–H and O–H groups in total. The zero-order chi connectivity index (χ0) is 31.6. The van der Waals surface area contributed by atoms with Crippen molar-refractivity contribution in [3.8, 4) is 39.3 Å². The smallest absolute Gasteiger partial charge is 0.149 e. The van der Waals surface area contributed by atoms with Crippen molar-refractivity contribution in [3.63, 3.8) is 0 Å². The van der Waals surface area contributed by atoms with Gasteiger partial charge in [0.1, 0.15) is 17.0 Å². The topological polar surface area (TPSA) is 43.9 Å². The monoisotopic (exact) mass is 597 g/mol. The van der Waals surface area contributed by atoms with E-state index in [0.717, 1.165) is 83.6 Å². The van der Waals surface area contributed by atoms with E-state index in [0.29, 0.717) is 0 Å². The van der Waals surface area contributed by atoms with Gasteiger partial charge in [-0.2, -0.15) is 0 Å². The number of hydrogen-bond donors (Lipinski definition) is 0. The van der Waals surface area contributed by atoms with Crippen LogP contribution in [-0.4, -0.2) is 14.5 Å². The van der Waals surface area contributed by atoms with E-state index >= 15 is 0 Å². The summed E-state index contributed by atoms with van der Waals surface area (Å²) >= 11 is 0. The summed E-state index contributed by atoms with van der Waals surface area (Å²) in [5, 5.41) is 2.10. The molecule has 0 fully saturated rings. The first-order valence-corrected chi connectivity index (χ1v) is 15.8. The molecular weight excluding hydrogens is 562 g/mol. The van der Waals surface area contributed by atoms with E-state index in [1.165, 1.54) is 5.56 Å². The maximum absolute atomic E-state index is 6.69. The number of aryl methyl sites for hydroxylation is 2. The molecule has 0 saturated carbocycles. The minimum atomic E-state index is -0.0605. The second-order valence-electron chi connectivity index (χ2n) is 13.2. The second-order valence-corrected chi connectivity index (χ2v) is 13.2. The van der Waals surface area contributed by atoms with Gasteiger partial charge in [-0.1, -0.05) is 99.6 Å². The molecule has 0 aliphatic carbocycles. The van der Waals surface area contributed by atoms with Gasteiger partial charge in [0.2, 0.25) is 0 Å². The summed E-state index contributed by atoms with van der Waals surface area (Å²) in [6, 6.07) is 41.0. The Balaban J connectivity index is 1.55. The minimum Gasteiger partial charge on any atom is -0.455 e. The fourth-order valence-corrected chi connectivity index (χ4v) is 6.63. The summed E-state index contributed by atoms with van der Waals surface area (Å²) in [7, 11) is 0. The number of imidazole rings is 1. The largest absolute Gasteiger partial charge is 0.455 e. The molecule has 0 unspecified atom stereocenters. The number of pyridine rings is 1. The zero-order valence-corrected chi connectivity index (χ0v) is 26.8. The van der Waals surface area contributed by atoms with Crippen molar-refractivity contribution in [2.75, 3.05) is 0 Å². The molecule has 8 aromatic rings. The normalized spacial score (nSPS) is 12.0. The Hall–Kier alpha value is -5.48. The summed E-state index contributed by atoms with van der Waals surface area (Å²) in [6.07, 6.45) is 1.93. The van der Waals surface area contributed by atoms with E-state index in [1.54, 1.807) is 0 Å². The molecule has 46 heavy (non-hydrogen) atoms. The molecule has 0 spiro atoms. The van der Waals surface area contributed by atoms with E-state index in [4.69, 9.17) is 9.40 Å². The van der Waals surface area contributed by atoms with Crippen LogP contribution in [0, 0.1) is 13.8 Å². The van der Waals surface area contributed by atoms with Gasteiger partial charge >= 0.3 is 0 Å². The lowest BCUT2D eigenvalue weighted by atomic mass is 9.82. The van der Waals surface area contributed by atoms with Crippen LogP contribution in [-0.2, 0) is 5.41 Å². The number of rotatable bonds is 4. The summed E-state index contributed by atoms with van der Waals surface area (Å²) in [6.45, 7) is 11.0. The Labute approximate surface area is 269 Å². The summed E-state index contributed by atoms with van der Waals surface area (Å²) in [4.78, 5) is 9.97. The minimum absolute atomic E-state index is 0.0605. The summed E-state index contributed by atoms with van der Waals surface area (Å²) in [5.74, 6) is 0.841. The van der Waals surface area contributed by atoms with Gasteiger partial charge in [0.25, 0.3) is 0 Å². The molecule has 0 bridgehead atoms. The Morgan fingerprint density at radius 2 is 1.30 bits per heavy atom. The standard InChI is InChI=1S/C42H35N3O/c1-26-20-21-31(40-38(26)34-25-43-27(2)22-37(34)46-40)41-44-35-18-12-13-19-36(35)45(41)39-32(28-14-8-6-9-15-28)23-30(42(3,4)5)24-33(39)29-16-10-7-11-17-29/h6-25H,1-5H3.